The van der Waals surface area contributed by atoms with E-state index in [2.05, 4.69) is 111 Å². The predicted molar refractivity (Wildman–Crippen MR) is 163 cm³/mol. The van der Waals surface area contributed by atoms with E-state index < -0.39 is 15.8 Å². The van der Waals surface area contributed by atoms with E-state index in [0.717, 1.165) is 23.0 Å². The quantitative estimate of drug-likeness (QED) is 0.214. The zero-order valence-electron chi connectivity index (χ0n) is 22.9. The third kappa shape index (κ3) is 6.32. The van der Waals surface area contributed by atoms with Crippen LogP contribution < -0.4 is 40.2 Å². The van der Waals surface area contributed by atoms with E-state index in [-0.39, 0.29) is 0 Å². The van der Waals surface area contributed by atoms with Crippen LogP contribution in [0.1, 0.15) is 13.8 Å². The molecule has 0 aromatic heterocycles. The fourth-order valence-corrected chi connectivity index (χ4v) is 10.7. The zero-order valence-corrected chi connectivity index (χ0v) is 24.7. The number of hydrogen-bond acceptors (Lipinski definition) is 4. The van der Waals surface area contributed by atoms with Crippen molar-refractivity contribution in [3.8, 4) is 23.0 Å². The highest BCUT2D eigenvalue weighted by atomic mass is 31.1. The van der Waals surface area contributed by atoms with Gasteiger partial charge in [0, 0.05) is 0 Å². The molecule has 38 heavy (non-hydrogen) atoms. The molecule has 0 radical (unpaired) electrons. The molecule has 6 heteroatoms. The molecule has 4 nitrogen and oxygen atoms in total. The molecule has 0 bridgehead atoms. The Morgan fingerprint density at radius 1 is 0.368 bits per heavy atom. The molecule has 0 heterocycles. The summed E-state index contributed by atoms with van der Waals surface area (Å²) in [4.78, 5) is 0. The van der Waals surface area contributed by atoms with Crippen LogP contribution in [0, 0.1) is 0 Å². The summed E-state index contributed by atoms with van der Waals surface area (Å²) >= 11 is 0. The molecule has 198 valence electrons. The Morgan fingerprint density at radius 3 is 0.711 bits per heavy atom. The van der Waals surface area contributed by atoms with Gasteiger partial charge in [-0.1, -0.05) is 62.4 Å². The van der Waals surface area contributed by atoms with Gasteiger partial charge >= 0.3 is 0 Å². The molecule has 0 saturated carbocycles. The van der Waals surface area contributed by atoms with Crippen molar-refractivity contribution in [3.63, 3.8) is 0 Å². The lowest BCUT2D eigenvalue weighted by Crippen LogP contribution is -2.31. The topological polar surface area (TPSA) is 36.9 Å². The van der Waals surface area contributed by atoms with Gasteiger partial charge in [0.15, 0.2) is 0 Å². The molecule has 4 aromatic rings. The van der Waals surface area contributed by atoms with Gasteiger partial charge in [-0.05, 0) is 96.9 Å². The molecule has 0 aliphatic rings. The van der Waals surface area contributed by atoms with E-state index in [0.29, 0.717) is 11.3 Å². The Labute approximate surface area is 229 Å². The van der Waals surface area contributed by atoms with E-state index >= 15 is 0 Å². The van der Waals surface area contributed by atoms with Gasteiger partial charge in [-0.15, -0.1) is 0 Å². The molecular formula is C32H36O4P2. The SMILES string of the molecule is COc1ccc(P(c2ccc(OC)cc2)C(C)C(C)P(c2ccc(OC)cc2)c2ccc(OC)cc2)cc1. The highest BCUT2D eigenvalue weighted by Crippen LogP contribution is 2.51. The second-order valence-corrected chi connectivity index (χ2v) is 14.2. The number of benzene rings is 4. The number of rotatable bonds is 11. The molecule has 0 aliphatic heterocycles. The highest BCUT2D eigenvalue weighted by Gasteiger charge is 2.32. The van der Waals surface area contributed by atoms with Crippen molar-refractivity contribution >= 4 is 37.1 Å². The van der Waals surface area contributed by atoms with Crippen molar-refractivity contribution < 1.29 is 18.9 Å². The van der Waals surface area contributed by atoms with Crippen LogP contribution in [0.25, 0.3) is 0 Å². The van der Waals surface area contributed by atoms with Gasteiger partial charge in [0.1, 0.15) is 23.0 Å². The summed E-state index contributed by atoms with van der Waals surface area (Å²) < 4.78 is 21.8. The van der Waals surface area contributed by atoms with Crippen molar-refractivity contribution in [2.45, 2.75) is 25.2 Å². The summed E-state index contributed by atoms with van der Waals surface area (Å²) in [5.74, 6) is 3.49. The Kier molecular flexibility index (Phi) is 9.67. The summed E-state index contributed by atoms with van der Waals surface area (Å²) in [5, 5.41) is 5.35. The molecule has 0 N–H and O–H groups in total. The Balaban J connectivity index is 1.78. The zero-order chi connectivity index (χ0) is 27.1. The second kappa shape index (κ2) is 13.1. The van der Waals surface area contributed by atoms with Crippen LogP contribution in [0.2, 0.25) is 0 Å². The van der Waals surface area contributed by atoms with Gasteiger partial charge < -0.3 is 18.9 Å². The fourth-order valence-electron chi connectivity index (χ4n) is 4.64. The summed E-state index contributed by atoms with van der Waals surface area (Å²) in [7, 11) is 5.52. The lowest BCUT2D eigenvalue weighted by molar-refractivity contribution is 0.415. The largest absolute Gasteiger partial charge is 0.497 e. The lowest BCUT2D eigenvalue weighted by Gasteiger charge is -2.36. The minimum atomic E-state index is -0.662. The van der Waals surface area contributed by atoms with Crippen molar-refractivity contribution in [1.82, 2.24) is 0 Å². The molecule has 0 spiro atoms. The first-order valence-electron chi connectivity index (χ1n) is 12.6. The van der Waals surface area contributed by atoms with E-state index in [1.54, 1.807) is 28.4 Å². The van der Waals surface area contributed by atoms with Gasteiger partial charge in [-0.3, -0.25) is 0 Å². The third-order valence-electron chi connectivity index (χ3n) is 6.92. The minimum Gasteiger partial charge on any atom is -0.497 e. The van der Waals surface area contributed by atoms with Gasteiger partial charge in [-0.25, -0.2) is 0 Å². The maximum absolute atomic E-state index is 5.46. The predicted octanol–water partition coefficient (Wildman–Crippen LogP) is 6.06. The van der Waals surface area contributed by atoms with Crippen LogP contribution in [0.15, 0.2) is 97.1 Å². The fraction of sp³-hybridized carbons (Fsp3) is 0.250. The van der Waals surface area contributed by atoms with Crippen LogP contribution in [0.3, 0.4) is 0 Å². The van der Waals surface area contributed by atoms with Crippen molar-refractivity contribution in [2.75, 3.05) is 28.4 Å². The van der Waals surface area contributed by atoms with Crippen LogP contribution in [-0.2, 0) is 0 Å². The van der Waals surface area contributed by atoms with Crippen LogP contribution in [0.5, 0.6) is 23.0 Å². The Hall–Kier alpha value is -3.06. The number of methoxy groups -OCH3 is 4. The van der Waals surface area contributed by atoms with E-state index in [4.69, 9.17) is 18.9 Å². The number of hydrogen-bond donors (Lipinski definition) is 0. The van der Waals surface area contributed by atoms with Crippen LogP contribution in [-0.4, -0.2) is 39.8 Å². The molecular weight excluding hydrogens is 510 g/mol. The van der Waals surface area contributed by atoms with E-state index in [1.807, 2.05) is 0 Å². The normalized spacial score (nSPS) is 12.7. The molecule has 2 atom stereocenters. The molecule has 4 rings (SSSR count). The van der Waals surface area contributed by atoms with Crippen molar-refractivity contribution in [1.29, 1.82) is 0 Å². The highest BCUT2D eigenvalue weighted by molar-refractivity contribution is 7.77. The molecule has 0 aliphatic carbocycles. The van der Waals surface area contributed by atoms with Gasteiger partial charge in [-0.2, -0.15) is 0 Å². The Bertz CT molecular complexity index is 1080. The molecule has 0 fully saturated rings. The molecule has 0 amide bonds. The van der Waals surface area contributed by atoms with Gasteiger partial charge in [0.2, 0.25) is 0 Å². The maximum Gasteiger partial charge on any atom is 0.118 e. The van der Waals surface area contributed by atoms with Crippen LogP contribution >= 0.6 is 15.8 Å². The first-order valence-corrected chi connectivity index (χ1v) is 15.5. The average Bonchev–Trinajstić information content (AvgIpc) is 2.98. The monoisotopic (exact) mass is 546 g/mol. The minimum absolute atomic E-state index is 0.391. The molecule has 0 saturated heterocycles. The maximum atomic E-state index is 5.46. The number of ether oxygens (including phenoxy) is 4. The van der Waals surface area contributed by atoms with E-state index in [1.165, 1.54) is 21.2 Å². The molecule has 4 aromatic carbocycles. The summed E-state index contributed by atoms with van der Waals surface area (Å²) in [6, 6.07) is 34.4. The van der Waals surface area contributed by atoms with Crippen molar-refractivity contribution in [2.24, 2.45) is 0 Å². The summed E-state index contributed by atoms with van der Waals surface area (Å²) in [6.45, 7) is 4.82. The van der Waals surface area contributed by atoms with Gasteiger partial charge in [0.25, 0.3) is 0 Å². The molecule has 2 unspecified atom stereocenters. The van der Waals surface area contributed by atoms with Gasteiger partial charge in [0.05, 0.1) is 28.4 Å². The van der Waals surface area contributed by atoms with E-state index in [9.17, 15) is 0 Å². The summed E-state index contributed by atoms with van der Waals surface area (Å²) in [6.07, 6.45) is 0. The Morgan fingerprint density at radius 2 is 0.553 bits per heavy atom. The lowest BCUT2D eigenvalue weighted by atomic mass is 10.3. The van der Waals surface area contributed by atoms with Crippen LogP contribution in [0.4, 0.5) is 0 Å². The first-order chi connectivity index (χ1) is 18.5. The summed E-state index contributed by atoms with van der Waals surface area (Å²) in [5.41, 5.74) is 0.782. The standard InChI is InChI=1S/C32H36O4P2/c1-23(37(29-15-7-25(33-3)8-16-29)30-17-9-26(34-4)10-18-30)24(2)38(31-19-11-27(35-5)12-20-31)32-21-13-28(36-6)14-22-32/h7-24H,1-6H3. The third-order valence-corrected chi connectivity index (χ3v) is 13.1. The smallest absolute Gasteiger partial charge is 0.118 e. The second-order valence-electron chi connectivity index (χ2n) is 9.01. The van der Waals surface area contributed by atoms with Crippen molar-refractivity contribution in [3.05, 3.63) is 97.1 Å². The first kappa shape index (κ1) is 28.0. The average molecular weight is 547 g/mol.